The number of hydrogen-bond donors (Lipinski definition) is 4. The molecule has 0 unspecified atom stereocenters. The minimum atomic E-state index is 0.0454. The summed E-state index contributed by atoms with van der Waals surface area (Å²) in [5.74, 6) is 2.68. The van der Waals surface area contributed by atoms with Crippen molar-refractivity contribution in [2.45, 2.75) is 0 Å². The summed E-state index contributed by atoms with van der Waals surface area (Å²) in [6, 6.07) is 5.54. The molecular formula is C15H22N6O3. The molecule has 0 atom stereocenters. The molecule has 1 aliphatic rings. The third kappa shape index (κ3) is 4.90. The molecular weight excluding hydrogens is 312 g/mol. The summed E-state index contributed by atoms with van der Waals surface area (Å²) in [4.78, 5) is 15.8. The fourth-order valence-electron chi connectivity index (χ4n) is 1.92. The SMILES string of the molecule is C=O.CN=CC1=C(NC)Nc2c(OCCN=C(N)N)cccc2O1. The van der Waals surface area contributed by atoms with Crippen molar-refractivity contribution < 1.29 is 14.3 Å². The summed E-state index contributed by atoms with van der Waals surface area (Å²) in [5.41, 5.74) is 11.3. The molecule has 0 radical (unpaired) electrons. The van der Waals surface area contributed by atoms with Gasteiger partial charge in [-0.2, -0.15) is 0 Å². The van der Waals surface area contributed by atoms with Gasteiger partial charge in [0.2, 0.25) is 0 Å². The minimum Gasteiger partial charge on any atom is -0.489 e. The predicted octanol–water partition coefficient (Wildman–Crippen LogP) is 0.0473. The molecule has 1 aromatic rings. The average Bonchev–Trinajstić information content (AvgIpc) is 2.60. The molecule has 0 saturated heterocycles. The van der Waals surface area contributed by atoms with Crippen molar-refractivity contribution in [3.05, 3.63) is 29.8 Å². The van der Waals surface area contributed by atoms with Gasteiger partial charge in [0, 0.05) is 14.1 Å². The van der Waals surface area contributed by atoms with Gasteiger partial charge >= 0.3 is 0 Å². The van der Waals surface area contributed by atoms with Crippen molar-refractivity contribution in [3.8, 4) is 11.5 Å². The second-order valence-electron chi connectivity index (χ2n) is 4.39. The zero-order chi connectivity index (χ0) is 17.9. The van der Waals surface area contributed by atoms with Gasteiger partial charge in [-0.25, -0.2) is 0 Å². The molecule has 24 heavy (non-hydrogen) atoms. The Morgan fingerprint density at radius 1 is 1.46 bits per heavy atom. The molecule has 0 aromatic heterocycles. The van der Waals surface area contributed by atoms with Gasteiger partial charge in [-0.3, -0.25) is 9.98 Å². The third-order valence-corrected chi connectivity index (χ3v) is 2.84. The molecule has 0 aliphatic carbocycles. The molecule has 0 amide bonds. The summed E-state index contributed by atoms with van der Waals surface area (Å²) in [6.45, 7) is 2.74. The number of allylic oxidation sites excluding steroid dienone is 1. The Morgan fingerprint density at radius 2 is 2.21 bits per heavy atom. The zero-order valence-electron chi connectivity index (χ0n) is 13.7. The van der Waals surface area contributed by atoms with Crippen molar-refractivity contribution in [2.75, 3.05) is 32.6 Å². The summed E-state index contributed by atoms with van der Waals surface area (Å²) in [5, 5.41) is 6.27. The van der Waals surface area contributed by atoms with E-state index in [1.54, 1.807) is 20.3 Å². The molecule has 0 bridgehead atoms. The highest BCUT2D eigenvalue weighted by Gasteiger charge is 2.20. The highest BCUT2D eigenvalue weighted by Crippen LogP contribution is 2.39. The Kier molecular flexibility index (Phi) is 7.62. The van der Waals surface area contributed by atoms with Gasteiger partial charge in [0.05, 0.1) is 12.8 Å². The standard InChI is InChI=1S/C14H20N6O2.CH2O/c1-17-8-11-13(18-2)20-12-9(4-3-5-10(12)22-11)21-7-6-19-14(15)16;1-2/h3-5,8,18,20H,6-7H2,1-2H3,(H4,15,16,19);1H2. The number of rotatable bonds is 6. The van der Waals surface area contributed by atoms with Crippen LogP contribution in [0.2, 0.25) is 0 Å². The summed E-state index contributed by atoms with van der Waals surface area (Å²) >= 11 is 0. The molecule has 1 aromatic carbocycles. The lowest BCUT2D eigenvalue weighted by atomic mass is 10.2. The van der Waals surface area contributed by atoms with Crippen molar-refractivity contribution in [3.63, 3.8) is 0 Å². The maximum Gasteiger partial charge on any atom is 0.186 e. The first-order valence-corrected chi connectivity index (χ1v) is 7.05. The smallest absolute Gasteiger partial charge is 0.186 e. The largest absolute Gasteiger partial charge is 0.489 e. The number of carbonyl (C=O) groups excluding carboxylic acids is 1. The van der Waals surface area contributed by atoms with E-state index >= 15 is 0 Å². The normalized spacial score (nSPS) is 12.2. The van der Waals surface area contributed by atoms with Gasteiger partial charge in [-0.1, -0.05) is 6.07 Å². The van der Waals surface area contributed by atoms with E-state index in [1.807, 2.05) is 25.0 Å². The number of anilines is 1. The van der Waals surface area contributed by atoms with Crippen LogP contribution in [0.1, 0.15) is 0 Å². The van der Waals surface area contributed by atoms with E-state index in [4.69, 9.17) is 25.7 Å². The first-order valence-electron chi connectivity index (χ1n) is 7.05. The Labute approximate surface area is 140 Å². The van der Waals surface area contributed by atoms with E-state index in [9.17, 15) is 0 Å². The van der Waals surface area contributed by atoms with Gasteiger partial charge < -0.3 is 36.4 Å². The van der Waals surface area contributed by atoms with Crippen LogP contribution in [0.5, 0.6) is 11.5 Å². The number of nitrogens with zero attached hydrogens (tertiary/aromatic N) is 2. The van der Waals surface area contributed by atoms with E-state index in [-0.39, 0.29) is 5.96 Å². The lowest BCUT2D eigenvalue weighted by Gasteiger charge is -2.24. The molecule has 9 heteroatoms. The molecule has 0 fully saturated rings. The molecule has 1 aliphatic heterocycles. The first-order chi connectivity index (χ1) is 11.7. The van der Waals surface area contributed by atoms with E-state index in [2.05, 4.69) is 20.6 Å². The zero-order valence-corrected chi connectivity index (χ0v) is 13.7. The summed E-state index contributed by atoms with van der Waals surface area (Å²) < 4.78 is 11.5. The fraction of sp³-hybridized carbons (Fsp3) is 0.267. The number of aliphatic imine (C=N–C) groups is 2. The topological polar surface area (TPSA) is 136 Å². The van der Waals surface area contributed by atoms with Crippen molar-refractivity contribution in [1.82, 2.24) is 5.32 Å². The number of guanidine groups is 1. The number of ether oxygens (including phenoxy) is 2. The monoisotopic (exact) mass is 334 g/mol. The van der Waals surface area contributed by atoms with E-state index in [0.717, 1.165) is 5.69 Å². The van der Waals surface area contributed by atoms with E-state index in [1.165, 1.54) is 0 Å². The Balaban J connectivity index is 0.00000139. The Morgan fingerprint density at radius 3 is 2.83 bits per heavy atom. The molecule has 2 rings (SSSR count). The number of benzene rings is 1. The second kappa shape index (κ2) is 9.72. The third-order valence-electron chi connectivity index (χ3n) is 2.84. The van der Waals surface area contributed by atoms with Crippen LogP contribution in [-0.2, 0) is 4.79 Å². The van der Waals surface area contributed by atoms with Crippen LogP contribution in [0.3, 0.4) is 0 Å². The van der Waals surface area contributed by atoms with Crippen LogP contribution in [0.15, 0.2) is 39.8 Å². The number of para-hydroxylation sites is 1. The lowest BCUT2D eigenvalue weighted by Crippen LogP contribution is -2.25. The second-order valence-corrected chi connectivity index (χ2v) is 4.39. The molecule has 9 nitrogen and oxygen atoms in total. The highest BCUT2D eigenvalue weighted by molar-refractivity contribution is 5.83. The predicted molar refractivity (Wildman–Crippen MR) is 94.5 cm³/mol. The molecule has 6 N–H and O–H groups in total. The Bertz CT molecular complexity index is 638. The fourth-order valence-corrected chi connectivity index (χ4v) is 1.92. The molecule has 0 saturated carbocycles. The van der Waals surface area contributed by atoms with Crippen LogP contribution < -0.4 is 31.6 Å². The number of nitrogens with two attached hydrogens (primary N) is 2. The van der Waals surface area contributed by atoms with Gasteiger partial charge in [-0.05, 0) is 12.1 Å². The molecule has 1 heterocycles. The highest BCUT2D eigenvalue weighted by atomic mass is 16.5. The maximum atomic E-state index is 8.00. The summed E-state index contributed by atoms with van der Waals surface area (Å²) in [6.07, 6.45) is 1.63. The van der Waals surface area contributed by atoms with Crippen LogP contribution >= 0.6 is 0 Å². The quantitative estimate of drug-likeness (QED) is 0.328. The number of nitrogens with one attached hydrogen (secondary N) is 2. The molecule has 130 valence electrons. The van der Waals surface area contributed by atoms with Crippen LogP contribution in [0.4, 0.5) is 5.69 Å². The van der Waals surface area contributed by atoms with E-state index < -0.39 is 0 Å². The maximum absolute atomic E-state index is 8.00. The minimum absolute atomic E-state index is 0.0454. The van der Waals surface area contributed by atoms with Gasteiger partial charge in [0.25, 0.3) is 0 Å². The average molecular weight is 334 g/mol. The molecule has 0 spiro atoms. The number of carbonyl (C=O) groups is 1. The van der Waals surface area contributed by atoms with Gasteiger partial charge in [0.15, 0.2) is 17.5 Å². The van der Waals surface area contributed by atoms with E-state index in [0.29, 0.717) is 36.2 Å². The lowest BCUT2D eigenvalue weighted by molar-refractivity contribution is -0.0979. The number of fused-ring (bicyclic) bond motifs is 1. The van der Waals surface area contributed by atoms with Crippen LogP contribution in [0.25, 0.3) is 0 Å². The van der Waals surface area contributed by atoms with Crippen molar-refractivity contribution in [1.29, 1.82) is 0 Å². The van der Waals surface area contributed by atoms with Crippen LogP contribution in [-0.4, -0.2) is 46.2 Å². The van der Waals surface area contributed by atoms with Crippen molar-refractivity contribution >= 4 is 24.7 Å². The summed E-state index contributed by atoms with van der Waals surface area (Å²) in [7, 11) is 3.48. The van der Waals surface area contributed by atoms with Crippen molar-refractivity contribution in [2.24, 2.45) is 21.5 Å². The number of hydrogen-bond acceptors (Lipinski definition) is 7. The van der Waals surface area contributed by atoms with Gasteiger partial charge in [0.1, 0.15) is 30.7 Å². The Hall–Kier alpha value is -3.23. The van der Waals surface area contributed by atoms with Crippen LogP contribution in [0, 0.1) is 0 Å². The van der Waals surface area contributed by atoms with Gasteiger partial charge in [-0.15, -0.1) is 0 Å². The first kappa shape index (κ1) is 18.8.